The van der Waals surface area contributed by atoms with Crippen molar-refractivity contribution in [3.63, 3.8) is 0 Å². The summed E-state index contributed by atoms with van der Waals surface area (Å²) in [5.74, 6) is 0.439. The first-order valence-corrected chi connectivity index (χ1v) is 10.1. The van der Waals surface area contributed by atoms with Crippen LogP contribution in [0.5, 0.6) is 0 Å². The van der Waals surface area contributed by atoms with Crippen molar-refractivity contribution in [3.05, 3.63) is 73.5 Å². The van der Waals surface area contributed by atoms with E-state index >= 15 is 0 Å². The maximum Gasteiger partial charge on any atom is 0.251 e. The zero-order chi connectivity index (χ0) is 21.0. The first-order chi connectivity index (χ1) is 15.3. The molecule has 0 unspecified atom stereocenters. The SMILES string of the molecule is Cc1ccc(-c2ccc3ncc(-c4nnco4)c(NCCCn4ccnc4)c3c2)cn1. The van der Waals surface area contributed by atoms with E-state index in [4.69, 9.17) is 4.42 Å². The largest absolute Gasteiger partial charge is 0.423 e. The summed E-state index contributed by atoms with van der Waals surface area (Å²) in [6, 6.07) is 10.3. The molecule has 0 aliphatic heterocycles. The highest BCUT2D eigenvalue weighted by atomic mass is 16.4. The molecule has 8 nitrogen and oxygen atoms in total. The van der Waals surface area contributed by atoms with Crippen molar-refractivity contribution in [1.29, 1.82) is 0 Å². The van der Waals surface area contributed by atoms with Crippen molar-refractivity contribution >= 4 is 16.6 Å². The lowest BCUT2D eigenvalue weighted by Gasteiger charge is -2.14. The van der Waals surface area contributed by atoms with Gasteiger partial charge in [-0.25, -0.2) is 4.98 Å². The highest BCUT2D eigenvalue weighted by molar-refractivity contribution is 6.00. The lowest BCUT2D eigenvalue weighted by Crippen LogP contribution is -2.07. The molecule has 0 aliphatic rings. The molecule has 0 radical (unpaired) electrons. The van der Waals surface area contributed by atoms with E-state index in [0.29, 0.717) is 5.89 Å². The molecule has 5 aromatic rings. The van der Waals surface area contributed by atoms with Gasteiger partial charge in [-0.2, -0.15) is 0 Å². The van der Waals surface area contributed by atoms with Crippen molar-refractivity contribution in [1.82, 2.24) is 29.7 Å². The van der Waals surface area contributed by atoms with Crippen LogP contribution in [0.4, 0.5) is 5.69 Å². The number of aromatic nitrogens is 6. The number of anilines is 1. The van der Waals surface area contributed by atoms with Crippen LogP contribution in [0.2, 0.25) is 0 Å². The third-order valence-electron chi connectivity index (χ3n) is 5.16. The number of aryl methyl sites for hydroxylation is 2. The number of hydrogen-bond acceptors (Lipinski definition) is 7. The molecule has 154 valence electrons. The summed E-state index contributed by atoms with van der Waals surface area (Å²) < 4.78 is 7.54. The van der Waals surface area contributed by atoms with Crippen LogP contribution < -0.4 is 5.32 Å². The van der Waals surface area contributed by atoms with E-state index in [1.807, 2.05) is 37.8 Å². The summed E-state index contributed by atoms with van der Waals surface area (Å²) in [6.07, 6.45) is 11.5. The fourth-order valence-electron chi connectivity index (χ4n) is 3.55. The molecule has 0 saturated carbocycles. The smallest absolute Gasteiger partial charge is 0.251 e. The van der Waals surface area contributed by atoms with Gasteiger partial charge in [0.25, 0.3) is 5.89 Å². The van der Waals surface area contributed by atoms with Crippen LogP contribution in [-0.4, -0.2) is 36.3 Å². The molecule has 4 aromatic heterocycles. The summed E-state index contributed by atoms with van der Waals surface area (Å²) in [6.45, 7) is 3.64. The Kier molecular flexibility index (Phi) is 5.10. The Balaban J connectivity index is 1.52. The Morgan fingerprint density at radius 3 is 2.77 bits per heavy atom. The lowest BCUT2D eigenvalue weighted by molar-refractivity contribution is 0.568. The molecule has 5 rings (SSSR count). The summed E-state index contributed by atoms with van der Waals surface area (Å²) in [7, 11) is 0. The number of nitrogens with zero attached hydrogens (tertiary/aromatic N) is 6. The van der Waals surface area contributed by atoms with Crippen molar-refractivity contribution in [2.45, 2.75) is 19.9 Å². The summed E-state index contributed by atoms with van der Waals surface area (Å²) in [5.41, 5.74) is 5.73. The van der Waals surface area contributed by atoms with Crippen LogP contribution in [0, 0.1) is 6.92 Å². The summed E-state index contributed by atoms with van der Waals surface area (Å²) >= 11 is 0. The van der Waals surface area contributed by atoms with Crippen LogP contribution in [0.15, 0.2) is 72.3 Å². The van der Waals surface area contributed by atoms with Gasteiger partial charge in [0.1, 0.15) is 0 Å². The van der Waals surface area contributed by atoms with E-state index in [0.717, 1.165) is 58.5 Å². The molecular weight excluding hydrogens is 390 g/mol. The molecule has 0 saturated heterocycles. The molecule has 0 aliphatic carbocycles. The van der Waals surface area contributed by atoms with Gasteiger partial charge in [-0.15, -0.1) is 10.2 Å². The summed E-state index contributed by atoms with van der Waals surface area (Å²) in [4.78, 5) is 13.1. The minimum atomic E-state index is 0.439. The Labute approximate surface area is 179 Å². The number of nitrogens with one attached hydrogen (secondary N) is 1. The first kappa shape index (κ1) is 18.9. The van der Waals surface area contributed by atoms with Crippen LogP contribution in [0.1, 0.15) is 12.1 Å². The predicted molar refractivity (Wildman–Crippen MR) is 118 cm³/mol. The average Bonchev–Trinajstić information content (AvgIpc) is 3.51. The minimum Gasteiger partial charge on any atom is -0.423 e. The Morgan fingerprint density at radius 2 is 2.00 bits per heavy atom. The number of imidazole rings is 1. The van der Waals surface area contributed by atoms with Gasteiger partial charge in [0.05, 0.1) is 23.1 Å². The highest BCUT2D eigenvalue weighted by Gasteiger charge is 2.15. The third-order valence-corrected chi connectivity index (χ3v) is 5.16. The van der Waals surface area contributed by atoms with Gasteiger partial charge in [0.15, 0.2) is 0 Å². The molecule has 0 fully saturated rings. The van der Waals surface area contributed by atoms with Crippen LogP contribution in [-0.2, 0) is 6.54 Å². The van der Waals surface area contributed by atoms with Gasteiger partial charge in [-0.05, 0) is 37.1 Å². The predicted octanol–water partition coefficient (Wildman–Crippen LogP) is 4.35. The zero-order valence-corrected chi connectivity index (χ0v) is 17.1. The van der Waals surface area contributed by atoms with Crippen LogP contribution in [0.25, 0.3) is 33.5 Å². The van der Waals surface area contributed by atoms with Gasteiger partial charge in [0, 0.05) is 54.5 Å². The van der Waals surface area contributed by atoms with Gasteiger partial charge >= 0.3 is 0 Å². The van der Waals surface area contributed by atoms with Gasteiger partial charge in [-0.1, -0.05) is 12.1 Å². The number of pyridine rings is 2. The standard InChI is InChI=1S/C23H21N7O/c1-16-3-4-18(12-26-16)17-5-6-21-19(11-17)22(20(13-27-21)23-29-28-15-31-23)25-7-2-9-30-10-8-24-14-30/h3-6,8,10-15H,2,7,9H2,1H3,(H,25,27). The van der Waals surface area contributed by atoms with E-state index in [9.17, 15) is 0 Å². The normalized spacial score (nSPS) is 11.1. The van der Waals surface area contributed by atoms with Crippen LogP contribution in [0.3, 0.4) is 0 Å². The van der Waals surface area contributed by atoms with E-state index < -0.39 is 0 Å². The molecule has 0 spiro atoms. The van der Waals surface area contributed by atoms with E-state index in [-0.39, 0.29) is 0 Å². The molecule has 0 amide bonds. The number of fused-ring (bicyclic) bond motifs is 1. The Morgan fingerprint density at radius 1 is 1.06 bits per heavy atom. The molecule has 1 aromatic carbocycles. The fraction of sp³-hybridized carbons (Fsp3) is 0.174. The molecule has 1 N–H and O–H groups in total. The number of benzene rings is 1. The molecule has 8 heteroatoms. The van der Waals surface area contributed by atoms with E-state index in [1.165, 1.54) is 6.39 Å². The lowest BCUT2D eigenvalue weighted by atomic mass is 10.0. The van der Waals surface area contributed by atoms with Crippen LogP contribution >= 0.6 is 0 Å². The highest BCUT2D eigenvalue weighted by Crippen LogP contribution is 2.35. The Hall–Kier alpha value is -4.07. The van der Waals surface area contributed by atoms with Crippen molar-refractivity contribution < 1.29 is 4.42 Å². The topological polar surface area (TPSA) is 94.6 Å². The number of hydrogen-bond donors (Lipinski definition) is 1. The zero-order valence-electron chi connectivity index (χ0n) is 17.1. The first-order valence-electron chi connectivity index (χ1n) is 10.1. The minimum absolute atomic E-state index is 0.439. The fourth-order valence-corrected chi connectivity index (χ4v) is 3.55. The second-order valence-electron chi connectivity index (χ2n) is 7.29. The van der Waals surface area contributed by atoms with Crippen molar-refractivity contribution in [2.75, 3.05) is 11.9 Å². The maximum absolute atomic E-state index is 5.48. The Bertz CT molecular complexity index is 1280. The van der Waals surface area contributed by atoms with E-state index in [1.54, 1.807) is 12.4 Å². The van der Waals surface area contributed by atoms with Gasteiger partial charge < -0.3 is 14.3 Å². The quantitative estimate of drug-likeness (QED) is 0.398. The second kappa shape index (κ2) is 8.35. The molecule has 4 heterocycles. The third kappa shape index (κ3) is 4.00. The second-order valence-corrected chi connectivity index (χ2v) is 7.29. The molecule has 0 atom stereocenters. The van der Waals surface area contributed by atoms with Gasteiger partial charge in [-0.3, -0.25) is 9.97 Å². The average molecular weight is 411 g/mol. The van der Waals surface area contributed by atoms with Gasteiger partial charge in [0.2, 0.25) is 6.39 Å². The monoisotopic (exact) mass is 411 g/mol. The van der Waals surface area contributed by atoms with Crippen molar-refractivity contribution in [2.24, 2.45) is 0 Å². The van der Waals surface area contributed by atoms with E-state index in [2.05, 4.69) is 53.2 Å². The maximum atomic E-state index is 5.48. The summed E-state index contributed by atoms with van der Waals surface area (Å²) in [5, 5.41) is 12.5. The van der Waals surface area contributed by atoms with Crippen molar-refractivity contribution in [3.8, 4) is 22.6 Å². The number of rotatable bonds is 7. The molecule has 0 bridgehead atoms. The molecular formula is C23H21N7O. The molecule has 31 heavy (non-hydrogen) atoms.